The van der Waals surface area contributed by atoms with Gasteiger partial charge in [-0.25, -0.2) is 4.79 Å². The minimum atomic E-state index is -1.16. The zero-order chi connectivity index (χ0) is 23.6. The third-order valence-electron chi connectivity index (χ3n) is 6.12. The van der Waals surface area contributed by atoms with Crippen molar-refractivity contribution in [3.63, 3.8) is 0 Å². The summed E-state index contributed by atoms with van der Waals surface area (Å²) >= 11 is 0. The number of urea groups is 1. The van der Waals surface area contributed by atoms with Gasteiger partial charge >= 0.3 is 6.03 Å². The number of fused-ring (bicyclic) bond motifs is 1. The molecule has 1 atom stereocenters. The number of hydrogen-bond donors (Lipinski definition) is 1. The maximum atomic E-state index is 13.6. The molecule has 6 nitrogen and oxygen atoms in total. The van der Waals surface area contributed by atoms with Crippen molar-refractivity contribution in [1.29, 1.82) is 0 Å². The van der Waals surface area contributed by atoms with Gasteiger partial charge in [-0.15, -0.1) is 0 Å². The average molecular weight is 444 g/mol. The second-order valence-corrected chi connectivity index (χ2v) is 8.83. The van der Waals surface area contributed by atoms with Crippen LogP contribution in [0.2, 0.25) is 0 Å². The number of anilines is 1. The van der Waals surface area contributed by atoms with Crippen LogP contribution < -0.4 is 10.2 Å². The maximum absolute atomic E-state index is 13.6. The molecule has 0 saturated carbocycles. The molecule has 1 unspecified atom stereocenters. The molecule has 0 aromatic heterocycles. The molecule has 1 heterocycles. The molecule has 1 aliphatic heterocycles. The van der Waals surface area contributed by atoms with Crippen molar-refractivity contribution in [2.45, 2.75) is 32.7 Å². The van der Waals surface area contributed by atoms with E-state index in [4.69, 9.17) is 0 Å². The number of carbonyl (C=O) groups excluding carboxylic acids is 3. The number of benzene rings is 3. The van der Waals surface area contributed by atoms with Crippen molar-refractivity contribution in [1.82, 2.24) is 10.2 Å². The largest absolute Gasteiger partial charge is 0.325 e. The van der Waals surface area contributed by atoms with E-state index in [1.807, 2.05) is 93.6 Å². The summed E-state index contributed by atoms with van der Waals surface area (Å²) in [4.78, 5) is 42.7. The molecule has 33 heavy (non-hydrogen) atoms. The molecule has 1 saturated heterocycles. The standard InChI is InChI=1S/C27H29N3O3/c1-4-29(23-16-10-12-20-11-8-9-15-22(20)23)24(31)18-30-25(32)27(17-19(2)3,28-26(30)33)21-13-6-5-7-14-21/h5-16,19H,4,17-18H2,1-3H3,(H,28,33). The predicted molar refractivity (Wildman–Crippen MR) is 130 cm³/mol. The Kier molecular flexibility index (Phi) is 6.18. The summed E-state index contributed by atoms with van der Waals surface area (Å²) in [5.41, 5.74) is 0.334. The van der Waals surface area contributed by atoms with Crippen molar-refractivity contribution in [2.75, 3.05) is 18.0 Å². The van der Waals surface area contributed by atoms with E-state index in [1.165, 1.54) is 0 Å². The molecule has 1 fully saturated rings. The van der Waals surface area contributed by atoms with Crippen LogP contribution in [0.5, 0.6) is 0 Å². The Morgan fingerprint density at radius 1 is 0.970 bits per heavy atom. The lowest BCUT2D eigenvalue weighted by atomic mass is 9.82. The predicted octanol–water partition coefficient (Wildman–Crippen LogP) is 4.69. The molecule has 0 bridgehead atoms. The fourth-order valence-corrected chi connectivity index (χ4v) is 4.70. The number of nitrogens with one attached hydrogen (secondary N) is 1. The number of amides is 4. The Morgan fingerprint density at radius 3 is 2.33 bits per heavy atom. The number of nitrogens with zero attached hydrogens (tertiary/aromatic N) is 2. The van der Waals surface area contributed by atoms with Gasteiger partial charge in [0.25, 0.3) is 5.91 Å². The normalized spacial score (nSPS) is 18.1. The molecule has 6 heteroatoms. The molecular formula is C27H29N3O3. The zero-order valence-electron chi connectivity index (χ0n) is 19.2. The summed E-state index contributed by atoms with van der Waals surface area (Å²) in [6.07, 6.45) is 0.451. The van der Waals surface area contributed by atoms with Crippen molar-refractivity contribution >= 4 is 34.3 Å². The maximum Gasteiger partial charge on any atom is 0.325 e. The van der Waals surface area contributed by atoms with Crippen LogP contribution in [0.25, 0.3) is 10.8 Å². The smallest absolute Gasteiger partial charge is 0.319 e. The van der Waals surface area contributed by atoms with Gasteiger partial charge in [0, 0.05) is 11.9 Å². The molecule has 0 spiro atoms. The minimum absolute atomic E-state index is 0.160. The molecular weight excluding hydrogens is 414 g/mol. The van der Waals surface area contributed by atoms with E-state index < -0.39 is 11.6 Å². The van der Waals surface area contributed by atoms with E-state index >= 15 is 0 Å². The fourth-order valence-electron chi connectivity index (χ4n) is 4.70. The lowest BCUT2D eigenvalue weighted by Gasteiger charge is -2.29. The number of hydrogen-bond acceptors (Lipinski definition) is 3. The monoisotopic (exact) mass is 443 g/mol. The summed E-state index contributed by atoms with van der Waals surface area (Å²) < 4.78 is 0. The Hall–Kier alpha value is -3.67. The molecule has 3 aromatic carbocycles. The molecule has 1 aliphatic rings. The van der Waals surface area contributed by atoms with Gasteiger partial charge in [-0.3, -0.25) is 14.5 Å². The Balaban J connectivity index is 1.65. The Bertz CT molecular complexity index is 1190. The van der Waals surface area contributed by atoms with Gasteiger partial charge in [0.2, 0.25) is 5.91 Å². The van der Waals surface area contributed by atoms with Crippen molar-refractivity contribution in [2.24, 2.45) is 5.92 Å². The average Bonchev–Trinajstić information content (AvgIpc) is 3.04. The molecule has 1 N–H and O–H groups in total. The van der Waals surface area contributed by atoms with Gasteiger partial charge in [0.05, 0.1) is 5.69 Å². The third kappa shape index (κ3) is 4.09. The Labute approximate surface area is 194 Å². The van der Waals surface area contributed by atoms with Crippen LogP contribution in [0.3, 0.4) is 0 Å². The van der Waals surface area contributed by atoms with Gasteiger partial charge in [-0.2, -0.15) is 0 Å². The summed E-state index contributed by atoms with van der Waals surface area (Å²) in [5.74, 6) is -0.520. The highest BCUT2D eigenvalue weighted by Gasteiger charge is 2.53. The van der Waals surface area contributed by atoms with Crippen molar-refractivity contribution < 1.29 is 14.4 Å². The second kappa shape index (κ2) is 9.06. The summed E-state index contributed by atoms with van der Waals surface area (Å²) in [6, 6.07) is 22.4. The summed E-state index contributed by atoms with van der Waals surface area (Å²) in [5, 5.41) is 4.89. The topological polar surface area (TPSA) is 69.7 Å². The SMILES string of the molecule is CCN(C(=O)CN1C(=O)NC(CC(C)C)(c2ccccc2)C1=O)c1cccc2ccccc12. The van der Waals surface area contributed by atoms with Crippen LogP contribution in [-0.2, 0) is 15.1 Å². The van der Waals surface area contributed by atoms with Crippen LogP contribution in [0.15, 0.2) is 72.8 Å². The summed E-state index contributed by atoms with van der Waals surface area (Å²) in [7, 11) is 0. The van der Waals surface area contributed by atoms with E-state index in [0.717, 1.165) is 26.9 Å². The Morgan fingerprint density at radius 2 is 1.64 bits per heavy atom. The first kappa shape index (κ1) is 22.5. The van der Waals surface area contributed by atoms with Gasteiger partial charge in [-0.05, 0) is 36.3 Å². The first-order valence-corrected chi connectivity index (χ1v) is 11.3. The molecule has 4 rings (SSSR count). The van der Waals surface area contributed by atoms with Gasteiger partial charge in [-0.1, -0.05) is 80.6 Å². The number of likely N-dealkylation sites (N-methyl/N-ethyl adjacent to an activating group) is 1. The van der Waals surface area contributed by atoms with Gasteiger partial charge in [0.1, 0.15) is 12.1 Å². The molecule has 0 radical (unpaired) electrons. The van der Waals surface area contributed by atoms with Gasteiger partial charge < -0.3 is 10.2 Å². The fraction of sp³-hybridized carbons (Fsp3) is 0.296. The highest BCUT2D eigenvalue weighted by molar-refractivity contribution is 6.12. The third-order valence-corrected chi connectivity index (χ3v) is 6.12. The molecule has 3 aromatic rings. The highest BCUT2D eigenvalue weighted by atomic mass is 16.2. The van der Waals surface area contributed by atoms with Crippen LogP contribution in [0, 0.1) is 5.92 Å². The van der Waals surface area contributed by atoms with Crippen molar-refractivity contribution in [3.05, 3.63) is 78.4 Å². The van der Waals surface area contributed by atoms with E-state index in [2.05, 4.69) is 5.32 Å². The van der Waals surface area contributed by atoms with Crippen molar-refractivity contribution in [3.8, 4) is 0 Å². The lowest BCUT2D eigenvalue weighted by molar-refractivity contribution is -0.135. The molecule has 0 aliphatic carbocycles. The van der Waals surface area contributed by atoms with Gasteiger partial charge in [0.15, 0.2) is 0 Å². The van der Waals surface area contributed by atoms with E-state index in [-0.39, 0.29) is 24.3 Å². The first-order chi connectivity index (χ1) is 15.9. The first-order valence-electron chi connectivity index (χ1n) is 11.3. The zero-order valence-corrected chi connectivity index (χ0v) is 19.2. The molecule has 170 valence electrons. The minimum Gasteiger partial charge on any atom is -0.319 e. The lowest BCUT2D eigenvalue weighted by Crippen LogP contribution is -2.46. The van der Waals surface area contributed by atoms with Crippen LogP contribution in [0.1, 0.15) is 32.8 Å². The van der Waals surface area contributed by atoms with Crippen LogP contribution in [0.4, 0.5) is 10.5 Å². The van der Waals surface area contributed by atoms with Crippen LogP contribution >= 0.6 is 0 Å². The molecule has 4 amide bonds. The van der Waals surface area contributed by atoms with Crippen LogP contribution in [-0.4, -0.2) is 35.8 Å². The number of carbonyl (C=O) groups is 3. The van der Waals surface area contributed by atoms with E-state index in [9.17, 15) is 14.4 Å². The van der Waals surface area contributed by atoms with E-state index in [0.29, 0.717) is 13.0 Å². The number of rotatable bonds is 7. The quantitative estimate of drug-likeness (QED) is 0.539. The summed E-state index contributed by atoms with van der Waals surface area (Å²) in [6.45, 7) is 6.02. The van der Waals surface area contributed by atoms with E-state index in [1.54, 1.807) is 4.90 Å². The number of imide groups is 1. The second-order valence-electron chi connectivity index (χ2n) is 8.83. The highest BCUT2D eigenvalue weighted by Crippen LogP contribution is 2.35.